The maximum atomic E-state index is 3.78. The lowest BCUT2D eigenvalue weighted by atomic mass is 9.67. The van der Waals surface area contributed by atoms with Gasteiger partial charge < -0.3 is 5.32 Å². The summed E-state index contributed by atoms with van der Waals surface area (Å²) in [6.45, 7) is 8.49. The molecule has 2 fully saturated rings. The summed E-state index contributed by atoms with van der Waals surface area (Å²) in [5, 5.41) is 3.78. The summed E-state index contributed by atoms with van der Waals surface area (Å²) in [7, 11) is 0. The average Bonchev–Trinajstić information content (AvgIpc) is 2.50. The van der Waals surface area contributed by atoms with Crippen LogP contribution in [-0.4, -0.2) is 12.6 Å². The first-order valence-electron chi connectivity index (χ1n) is 6.33. The van der Waals surface area contributed by atoms with Crippen molar-refractivity contribution in [1.29, 1.82) is 0 Å². The van der Waals surface area contributed by atoms with Crippen molar-refractivity contribution >= 4 is 0 Å². The zero-order chi connectivity index (χ0) is 10.2. The summed E-state index contributed by atoms with van der Waals surface area (Å²) < 4.78 is 0. The van der Waals surface area contributed by atoms with Crippen LogP contribution in [0.2, 0.25) is 0 Å². The van der Waals surface area contributed by atoms with Crippen molar-refractivity contribution in [2.24, 2.45) is 17.3 Å². The largest absolute Gasteiger partial charge is 0.313 e. The van der Waals surface area contributed by atoms with Crippen molar-refractivity contribution in [3.63, 3.8) is 0 Å². The standard InChI is InChI=1S/C13H25N/c1-10-5-4-6-11(10)9-14-12-7-8-13(12,2)3/h10-12,14H,4-9H2,1-3H3. The summed E-state index contributed by atoms with van der Waals surface area (Å²) in [5.41, 5.74) is 0.571. The van der Waals surface area contributed by atoms with E-state index in [0.717, 1.165) is 17.9 Å². The highest BCUT2D eigenvalue weighted by Crippen LogP contribution is 2.40. The molecule has 3 atom stereocenters. The normalized spacial score (nSPS) is 40.9. The van der Waals surface area contributed by atoms with Gasteiger partial charge >= 0.3 is 0 Å². The fourth-order valence-electron chi connectivity index (χ4n) is 3.06. The van der Waals surface area contributed by atoms with Gasteiger partial charge in [-0.1, -0.05) is 33.6 Å². The minimum absolute atomic E-state index is 0.571. The van der Waals surface area contributed by atoms with Gasteiger partial charge in [-0.3, -0.25) is 0 Å². The number of nitrogens with one attached hydrogen (secondary N) is 1. The smallest absolute Gasteiger partial charge is 0.0119 e. The molecular weight excluding hydrogens is 170 g/mol. The molecule has 0 radical (unpaired) electrons. The maximum Gasteiger partial charge on any atom is 0.0119 e. The minimum Gasteiger partial charge on any atom is -0.313 e. The average molecular weight is 195 g/mol. The molecule has 0 bridgehead atoms. The lowest BCUT2D eigenvalue weighted by Gasteiger charge is -2.45. The van der Waals surface area contributed by atoms with E-state index in [1.807, 2.05) is 0 Å². The first-order valence-corrected chi connectivity index (χ1v) is 6.33. The van der Waals surface area contributed by atoms with Crippen LogP contribution in [0.25, 0.3) is 0 Å². The van der Waals surface area contributed by atoms with Crippen molar-refractivity contribution in [1.82, 2.24) is 5.32 Å². The molecule has 0 aromatic rings. The Hall–Kier alpha value is -0.0400. The molecule has 0 amide bonds. The van der Waals surface area contributed by atoms with Crippen molar-refractivity contribution < 1.29 is 0 Å². The van der Waals surface area contributed by atoms with Crippen LogP contribution in [0, 0.1) is 17.3 Å². The number of hydrogen-bond acceptors (Lipinski definition) is 1. The highest BCUT2D eigenvalue weighted by atomic mass is 15.0. The van der Waals surface area contributed by atoms with E-state index in [9.17, 15) is 0 Å². The number of rotatable bonds is 3. The van der Waals surface area contributed by atoms with Crippen LogP contribution in [0.4, 0.5) is 0 Å². The van der Waals surface area contributed by atoms with Gasteiger partial charge in [0.25, 0.3) is 0 Å². The fraction of sp³-hybridized carbons (Fsp3) is 1.00. The van der Waals surface area contributed by atoms with Crippen molar-refractivity contribution in [2.75, 3.05) is 6.54 Å². The molecule has 1 nitrogen and oxygen atoms in total. The predicted octanol–water partition coefficient (Wildman–Crippen LogP) is 3.20. The first-order chi connectivity index (χ1) is 6.59. The summed E-state index contributed by atoms with van der Waals surface area (Å²) >= 11 is 0. The lowest BCUT2D eigenvalue weighted by Crippen LogP contribution is -2.51. The minimum atomic E-state index is 0.571. The second-order valence-corrected chi connectivity index (χ2v) is 6.16. The summed E-state index contributed by atoms with van der Waals surface area (Å²) in [5.74, 6) is 1.93. The summed E-state index contributed by atoms with van der Waals surface area (Å²) in [6.07, 6.45) is 7.18. The molecule has 1 N–H and O–H groups in total. The Bertz CT molecular complexity index is 195. The van der Waals surface area contributed by atoms with Crippen LogP contribution in [-0.2, 0) is 0 Å². The molecule has 82 valence electrons. The molecule has 1 heteroatoms. The summed E-state index contributed by atoms with van der Waals surface area (Å²) in [6, 6.07) is 0.801. The molecule has 0 heterocycles. The molecule has 0 aromatic heterocycles. The monoisotopic (exact) mass is 195 g/mol. The van der Waals surface area contributed by atoms with Crippen molar-refractivity contribution in [3.8, 4) is 0 Å². The highest BCUT2D eigenvalue weighted by Gasteiger charge is 2.38. The van der Waals surface area contributed by atoms with Crippen LogP contribution in [0.3, 0.4) is 0 Å². The Kier molecular flexibility index (Phi) is 2.88. The van der Waals surface area contributed by atoms with E-state index >= 15 is 0 Å². The molecule has 14 heavy (non-hydrogen) atoms. The molecule has 0 aliphatic heterocycles. The first kappa shape index (κ1) is 10.5. The summed E-state index contributed by atoms with van der Waals surface area (Å²) in [4.78, 5) is 0. The third-order valence-electron chi connectivity index (χ3n) is 4.69. The maximum absolute atomic E-state index is 3.78. The van der Waals surface area contributed by atoms with E-state index < -0.39 is 0 Å². The third kappa shape index (κ3) is 1.98. The van der Waals surface area contributed by atoms with Crippen LogP contribution < -0.4 is 5.32 Å². The lowest BCUT2D eigenvalue weighted by molar-refractivity contribution is 0.103. The third-order valence-corrected chi connectivity index (χ3v) is 4.69. The topological polar surface area (TPSA) is 12.0 Å². The van der Waals surface area contributed by atoms with E-state index in [0.29, 0.717) is 5.41 Å². The fourth-order valence-corrected chi connectivity index (χ4v) is 3.06. The van der Waals surface area contributed by atoms with Gasteiger partial charge in [-0.15, -0.1) is 0 Å². The second-order valence-electron chi connectivity index (χ2n) is 6.16. The van der Waals surface area contributed by atoms with Gasteiger partial charge in [-0.05, 0) is 43.1 Å². The van der Waals surface area contributed by atoms with E-state index in [2.05, 4.69) is 26.1 Å². The highest BCUT2D eigenvalue weighted by molar-refractivity contribution is 4.94. The van der Waals surface area contributed by atoms with Gasteiger partial charge in [0, 0.05) is 6.04 Å². The number of hydrogen-bond donors (Lipinski definition) is 1. The van der Waals surface area contributed by atoms with E-state index in [-0.39, 0.29) is 0 Å². The molecular formula is C13H25N. The van der Waals surface area contributed by atoms with E-state index in [1.165, 1.54) is 38.6 Å². The molecule has 3 unspecified atom stereocenters. The van der Waals surface area contributed by atoms with Gasteiger partial charge in [0.05, 0.1) is 0 Å². The van der Waals surface area contributed by atoms with Gasteiger partial charge in [0.2, 0.25) is 0 Å². The second kappa shape index (κ2) is 3.84. The molecule has 0 saturated heterocycles. The van der Waals surface area contributed by atoms with Crippen molar-refractivity contribution in [2.45, 2.75) is 58.9 Å². The quantitative estimate of drug-likeness (QED) is 0.729. The van der Waals surface area contributed by atoms with Gasteiger partial charge in [0.1, 0.15) is 0 Å². The Morgan fingerprint density at radius 1 is 1.21 bits per heavy atom. The van der Waals surface area contributed by atoms with E-state index in [4.69, 9.17) is 0 Å². The van der Waals surface area contributed by atoms with Gasteiger partial charge in [-0.2, -0.15) is 0 Å². The molecule has 0 spiro atoms. The van der Waals surface area contributed by atoms with Crippen LogP contribution >= 0.6 is 0 Å². The van der Waals surface area contributed by atoms with Crippen LogP contribution in [0.1, 0.15) is 52.9 Å². The van der Waals surface area contributed by atoms with Gasteiger partial charge in [0.15, 0.2) is 0 Å². The molecule has 0 aromatic carbocycles. The molecule has 2 saturated carbocycles. The van der Waals surface area contributed by atoms with Crippen LogP contribution in [0.15, 0.2) is 0 Å². The van der Waals surface area contributed by atoms with Crippen LogP contribution in [0.5, 0.6) is 0 Å². The SMILES string of the molecule is CC1CCCC1CNC1CCC1(C)C. The van der Waals surface area contributed by atoms with E-state index in [1.54, 1.807) is 0 Å². The molecule has 2 aliphatic carbocycles. The van der Waals surface area contributed by atoms with Gasteiger partial charge in [-0.25, -0.2) is 0 Å². The zero-order valence-corrected chi connectivity index (χ0v) is 9.97. The van der Waals surface area contributed by atoms with Crippen molar-refractivity contribution in [3.05, 3.63) is 0 Å². The predicted molar refractivity (Wildman–Crippen MR) is 61.3 cm³/mol. The molecule has 2 rings (SSSR count). The molecule has 2 aliphatic rings. The Morgan fingerprint density at radius 3 is 2.43 bits per heavy atom. The Labute approximate surface area is 88.7 Å². The Balaban J connectivity index is 1.72. The zero-order valence-electron chi connectivity index (χ0n) is 9.97. The Morgan fingerprint density at radius 2 is 2.00 bits per heavy atom.